The molecule has 0 aromatic rings. The van der Waals surface area contributed by atoms with Crippen LogP contribution < -0.4 is 0 Å². The van der Waals surface area contributed by atoms with Crippen LogP contribution >= 0.6 is 0 Å². The molecular weight excluding hydrogens is 186 g/mol. The van der Waals surface area contributed by atoms with E-state index in [4.69, 9.17) is 0 Å². The van der Waals surface area contributed by atoms with Gasteiger partial charge in [-0.25, -0.2) is 0 Å². The maximum Gasteiger partial charge on any atom is 0.159 e. The zero-order chi connectivity index (χ0) is 11.6. The summed E-state index contributed by atoms with van der Waals surface area (Å²) in [4.78, 5) is 13.8. The van der Waals surface area contributed by atoms with E-state index in [0.717, 1.165) is 12.0 Å². The zero-order valence-electron chi connectivity index (χ0n) is 10.4. The topological polar surface area (TPSA) is 20.3 Å². The van der Waals surface area contributed by atoms with Crippen LogP contribution in [-0.2, 0) is 4.79 Å². The van der Waals surface area contributed by atoms with Gasteiger partial charge in [-0.1, -0.05) is 26.8 Å². The van der Waals surface area contributed by atoms with Crippen LogP contribution in [0, 0.1) is 5.41 Å². The smallest absolute Gasteiger partial charge is 0.159 e. The number of carbonyl (C=O) groups is 1. The number of carbonyl (C=O) groups excluding carboxylic acids is 1. The predicted octanol–water partition coefficient (Wildman–Crippen LogP) is 2.77. The third kappa shape index (κ3) is 3.22. The van der Waals surface area contributed by atoms with Crippen molar-refractivity contribution < 1.29 is 4.79 Å². The summed E-state index contributed by atoms with van der Waals surface area (Å²) < 4.78 is 0. The van der Waals surface area contributed by atoms with E-state index in [1.54, 1.807) is 0 Å². The molecule has 0 aromatic heterocycles. The van der Waals surface area contributed by atoms with E-state index in [1.807, 2.05) is 19.0 Å². The fraction of sp³-hybridized carbons (Fsp3) is 0.615. The van der Waals surface area contributed by atoms with Gasteiger partial charge in [0.15, 0.2) is 5.78 Å². The summed E-state index contributed by atoms with van der Waals surface area (Å²) in [7, 11) is 4.02. The number of nitrogens with zero attached hydrogens (tertiary/aromatic N) is 1. The van der Waals surface area contributed by atoms with E-state index in [9.17, 15) is 4.79 Å². The maximum absolute atomic E-state index is 11.8. The van der Waals surface area contributed by atoms with Crippen LogP contribution in [-0.4, -0.2) is 24.8 Å². The van der Waals surface area contributed by atoms with Gasteiger partial charge in [-0.15, -0.1) is 0 Å². The summed E-state index contributed by atoms with van der Waals surface area (Å²) in [6.45, 7) is 6.28. The number of hydrogen-bond acceptors (Lipinski definition) is 2. The molecule has 0 bridgehead atoms. The number of ketones is 1. The van der Waals surface area contributed by atoms with Crippen molar-refractivity contribution >= 4 is 5.78 Å². The number of hydrogen-bond donors (Lipinski definition) is 0. The van der Waals surface area contributed by atoms with Gasteiger partial charge in [-0.05, 0) is 17.4 Å². The normalized spacial score (nSPS) is 20.5. The zero-order valence-corrected chi connectivity index (χ0v) is 10.4. The second kappa shape index (κ2) is 4.21. The van der Waals surface area contributed by atoms with Gasteiger partial charge in [0, 0.05) is 32.3 Å². The Kier molecular flexibility index (Phi) is 3.38. The van der Waals surface area contributed by atoms with Gasteiger partial charge in [-0.3, -0.25) is 4.79 Å². The molecule has 0 heterocycles. The summed E-state index contributed by atoms with van der Waals surface area (Å²) in [6, 6.07) is 0. The highest BCUT2D eigenvalue weighted by molar-refractivity contribution is 5.98. The molecule has 0 atom stereocenters. The second-order valence-electron chi connectivity index (χ2n) is 5.40. The summed E-state index contributed by atoms with van der Waals surface area (Å²) in [6.07, 6.45) is 5.68. The first-order valence-corrected chi connectivity index (χ1v) is 5.43. The van der Waals surface area contributed by atoms with Crippen LogP contribution in [0.4, 0.5) is 0 Å². The van der Waals surface area contributed by atoms with Crippen molar-refractivity contribution in [3.05, 3.63) is 23.4 Å². The standard InChI is InChI=1S/C13H21NO/c1-13(2,3)11-8-10(9-14(4)5)6-7-12(11)15/h8-9H,6-7H2,1-5H3. The van der Waals surface area contributed by atoms with Crippen LogP contribution in [0.15, 0.2) is 23.4 Å². The third-order valence-corrected chi connectivity index (χ3v) is 2.50. The molecule has 1 aliphatic rings. The molecule has 2 heteroatoms. The van der Waals surface area contributed by atoms with Crippen molar-refractivity contribution in [1.29, 1.82) is 0 Å². The van der Waals surface area contributed by atoms with Gasteiger partial charge >= 0.3 is 0 Å². The Morgan fingerprint density at radius 2 is 1.87 bits per heavy atom. The van der Waals surface area contributed by atoms with Gasteiger partial charge in [-0.2, -0.15) is 0 Å². The van der Waals surface area contributed by atoms with Crippen LogP contribution in [0.2, 0.25) is 0 Å². The van der Waals surface area contributed by atoms with Gasteiger partial charge in [0.25, 0.3) is 0 Å². The largest absolute Gasteiger partial charge is 0.383 e. The van der Waals surface area contributed by atoms with Gasteiger partial charge < -0.3 is 4.90 Å². The molecule has 15 heavy (non-hydrogen) atoms. The van der Waals surface area contributed by atoms with E-state index in [1.165, 1.54) is 5.57 Å². The Balaban J connectivity index is 3.02. The minimum Gasteiger partial charge on any atom is -0.383 e. The highest BCUT2D eigenvalue weighted by atomic mass is 16.1. The quantitative estimate of drug-likeness (QED) is 0.659. The van der Waals surface area contributed by atoms with Crippen molar-refractivity contribution in [3.63, 3.8) is 0 Å². The maximum atomic E-state index is 11.8. The highest BCUT2D eigenvalue weighted by Crippen LogP contribution is 2.32. The molecule has 1 rings (SSSR count). The Bertz CT molecular complexity index is 316. The van der Waals surface area contributed by atoms with E-state index in [-0.39, 0.29) is 5.41 Å². The summed E-state index contributed by atoms with van der Waals surface area (Å²) in [5.74, 6) is 0.304. The number of rotatable bonds is 1. The average molecular weight is 207 g/mol. The summed E-state index contributed by atoms with van der Waals surface area (Å²) in [5.41, 5.74) is 2.18. The lowest BCUT2D eigenvalue weighted by molar-refractivity contribution is -0.116. The minimum absolute atomic E-state index is 0.0388. The minimum atomic E-state index is -0.0388. The SMILES string of the molecule is CN(C)C=C1C=C(C(C)(C)C)C(=O)CC1. The molecule has 0 aliphatic heterocycles. The first kappa shape index (κ1) is 12.0. The summed E-state index contributed by atoms with van der Waals surface area (Å²) >= 11 is 0. The highest BCUT2D eigenvalue weighted by Gasteiger charge is 2.26. The lowest BCUT2D eigenvalue weighted by atomic mass is 9.78. The molecule has 0 saturated heterocycles. The van der Waals surface area contributed by atoms with E-state index >= 15 is 0 Å². The molecular formula is C13H21NO. The van der Waals surface area contributed by atoms with Gasteiger partial charge in [0.05, 0.1) is 0 Å². The molecule has 0 saturated carbocycles. The monoisotopic (exact) mass is 207 g/mol. The molecule has 1 aliphatic carbocycles. The van der Waals surface area contributed by atoms with Crippen LogP contribution in [0.5, 0.6) is 0 Å². The number of Topliss-reactive ketones (excluding diaryl/α,β-unsaturated/α-hetero) is 1. The molecule has 0 unspecified atom stereocenters. The Morgan fingerprint density at radius 3 is 2.33 bits per heavy atom. The van der Waals surface area contributed by atoms with Gasteiger partial charge in [0.1, 0.15) is 0 Å². The molecule has 2 nitrogen and oxygen atoms in total. The van der Waals surface area contributed by atoms with Crippen LogP contribution in [0.3, 0.4) is 0 Å². The summed E-state index contributed by atoms with van der Waals surface area (Å²) in [5, 5.41) is 0. The Hall–Kier alpha value is -1.05. The molecule has 0 amide bonds. The number of allylic oxidation sites excluding steroid dienone is 3. The Labute approximate surface area is 92.7 Å². The van der Waals surface area contributed by atoms with Crippen molar-refractivity contribution in [1.82, 2.24) is 4.90 Å². The second-order valence-corrected chi connectivity index (χ2v) is 5.40. The molecule has 0 radical (unpaired) electrons. The van der Waals surface area contributed by atoms with Crippen molar-refractivity contribution in [2.24, 2.45) is 5.41 Å². The molecule has 84 valence electrons. The van der Waals surface area contributed by atoms with Crippen molar-refractivity contribution in [2.75, 3.05) is 14.1 Å². The van der Waals surface area contributed by atoms with Crippen LogP contribution in [0.1, 0.15) is 33.6 Å². The average Bonchev–Trinajstić information content (AvgIpc) is 2.05. The van der Waals surface area contributed by atoms with E-state index < -0.39 is 0 Å². The lowest BCUT2D eigenvalue weighted by Crippen LogP contribution is -2.21. The Morgan fingerprint density at radius 1 is 1.27 bits per heavy atom. The van der Waals surface area contributed by atoms with Gasteiger partial charge in [0.2, 0.25) is 0 Å². The van der Waals surface area contributed by atoms with E-state index in [2.05, 4.69) is 33.0 Å². The predicted molar refractivity (Wildman–Crippen MR) is 63.5 cm³/mol. The molecule has 0 N–H and O–H groups in total. The van der Waals surface area contributed by atoms with Crippen molar-refractivity contribution in [2.45, 2.75) is 33.6 Å². The third-order valence-electron chi connectivity index (χ3n) is 2.50. The first-order chi connectivity index (χ1) is 6.80. The van der Waals surface area contributed by atoms with E-state index in [0.29, 0.717) is 12.2 Å². The first-order valence-electron chi connectivity index (χ1n) is 5.43. The molecule has 0 fully saturated rings. The fourth-order valence-corrected chi connectivity index (χ4v) is 1.80. The fourth-order valence-electron chi connectivity index (χ4n) is 1.80. The van der Waals surface area contributed by atoms with Crippen LogP contribution in [0.25, 0.3) is 0 Å². The molecule has 0 spiro atoms. The lowest BCUT2D eigenvalue weighted by Gasteiger charge is -2.26. The van der Waals surface area contributed by atoms with Crippen molar-refractivity contribution in [3.8, 4) is 0 Å². The molecule has 0 aromatic carbocycles.